The van der Waals surface area contributed by atoms with E-state index in [-0.39, 0.29) is 11.6 Å². The predicted molar refractivity (Wildman–Crippen MR) is 69.9 cm³/mol. The Morgan fingerprint density at radius 3 is 2.89 bits per heavy atom. The van der Waals surface area contributed by atoms with Crippen LogP contribution in [0.2, 0.25) is 0 Å². The predicted octanol–water partition coefficient (Wildman–Crippen LogP) is 0.828. The SMILES string of the molecule is CCC(NC)C(C)c1cc2n[nH]c(=O)n2c(C)n1. The maximum Gasteiger partial charge on any atom is 0.349 e. The van der Waals surface area contributed by atoms with Gasteiger partial charge in [0.1, 0.15) is 5.82 Å². The first-order chi connectivity index (χ1) is 8.58. The molecule has 0 spiro atoms. The number of aromatic amines is 1. The van der Waals surface area contributed by atoms with Crippen LogP contribution < -0.4 is 11.0 Å². The fourth-order valence-electron chi connectivity index (χ4n) is 2.37. The third kappa shape index (κ3) is 2.03. The normalized spacial score (nSPS) is 14.9. The van der Waals surface area contributed by atoms with Gasteiger partial charge >= 0.3 is 5.69 Å². The second kappa shape index (κ2) is 4.89. The molecule has 0 aromatic carbocycles. The molecule has 0 aliphatic carbocycles. The average molecular weight is 249 g/mol. The summed E-state index contributed by atoms with van der Waals surface area (Å²) in [6.07, 6.45) is 1.02. The molecule has 6 heteroatoms. The topological polar surface area (TPSA) is 75.1 Å². The van der Waals surface area contributed by atoms with Gasteiger partial charge in [-0.2, -0.15) is 5.10 Å². The van der Waals surface area contributed by atoms with Gasteiger partial charge in [-0.25, -0.2) is 19.3 Å². The summed E-state index contributed by atoms with van der Waals surface area (Å²) >= 11 is 0. The Morgan fingerprint density at radius 2 is 2.28 bits per heavy atom. The molecule has 2 aromatic heterocycles. The number of H-pyrrole nitrogens is 1. The number of likely N-dealkylation sites (N-methyl/N-ethyl adjacent to an activating group) is 1. The van der Waals surface area contributed by atoms with E-state index in [4.69, 9.17) is 0 Å². The third-order valence-corrected chi connectivity index (χ3v) is 3.47. The van der Waals surface area contributed by atoms with Crippen LogP contribution in [0.15, 0.2) is 10.9 Å². The van der Waals surface area contributed by atoms with E-state index < -0.39 is 0 Å². The van der Waals surface area contributed by atoms with Gasteiger partial charge in [-0.15, -0.1) is 0 Å². The lowest BCUT2D eigenvalue weighted by Crippen LogP contribution is -2.30. The molecule has 0 aliphatic rings. The number of aryl methyl sites for hydroxylation is 1. The van der Waals surface area contributed by atoms with Crippen molar-refractivity contribution in [1.82, 2.24) is 24.9 Å². The zero-order valence-corrected chi connectivity index (χ0v) is 11.2. The van der Waals surface area contributed by atoms with Crippen LogP contribution in [0.3, 0.4) is 0 Å². The Morgan fingerprint density at radius 1 is 1.56 bits per heavy atom. The lowest BCUT2D eigenvalue weighted by Gasteiger charge is -2.21. The van der Waals surface area contributed by atoms with Crippen LogP contribution in [0, 0.1) is 6.92 Å². The zero-order valence-electron chi connectivity index (χ0n) is 11.2. The molecule has 0 saturated heterocycles. The molecule has 18 heavy (non-hydrogen) atoms. The molecule has 2 aromatic rings. The molecular formula is C12H19N5O. The highest BCUT2D eigenvalue weighted by Gasteiger charge is 2.18. The maximum atomic E-state index is 11.5. The molecular weight excluding hydrogens is 230 g/mol. The van der Waals surface area contributed by atoms with Crippen molar-refractivity contribution in [3.8, 4) is 0 Å². The van der Waals surface area contributed by atoms with Crippen LogP contribution in [0.5, 0.6) is 0 Å². The molecule has 0 amide bonds. The lowest BCUT2D eigenvalue weighted by atomic mass is 9.96. The van der Waals surface area contributed by atoms with Crippen molar-refractivity contribution < 1.29 is 0 Å². The number of aromatic nitrogens is 4. The van der Waals surface area contributed by atoms with Crippen molar-refractivity contribution in [1.29, 1.82) is 0 Å². The highest BCUT2D eigenvalue weighted by molar-refractivity contribution is 5.39. The molecule has 98 valence electrons. The molecule has 6 nitrogen and oxygen atoms in total. The highest BCUT2D eigenvalue weighted by atomic mass is 16.1. The second-order valence-electron chi connectivity index (χ2n) is 4.54. The molecule has 2 heterocycles. The number of nitrogens with zero attached hydrogens (tertiary/aromatic N) is 3. The Balaban J connectivity index is 2.49. The summed E-state index contributed by atoms with van der Waals surface area (Å²) in [5.74, 6) is 0.939. The molecule has 0 bridgehead atoms. The van der Waals surface area contributed by atoms with Crippen molar-refractivity contribution >= 4 is 5.65 Å². The van der Waals surface area contributed by atoms with Gasteiger partial charge in [-0.05, 0) is 20.4 Å². The Hall–Kier alpha value is -1.69. The van der Waals surface area contributed by atoms with Crippen LogP contribution in [-0.4, -0.2) is 32.7 Å². The molecule has 2 atom stereocenters. The van der Waals surface area contributed by atoms with E-state index in [1.165, 1.54) is 4.40 Å². The van der Waals surface area contributed by atoms with E-state index in [2.05, 4.69) is 34.3 Å². The lowest BCUT2D eigenvalue weighted by molar-refractivity contribution is 0.464. The van der Waals surface area contributed by atoms with Crippen molar-refractivity contribution in [3.63, 3.8) is 0 Å². The van der Waals surface area contributed by atoms with Gasteiger partial charge in [0.2, 0.25) is 0 Å². The van der Waals surface area contributed by atoms with Crippen molar-refractivity contribution in [2.75, 3.05) is 7.05 Å². The smallest absolute Gasteiger partial charge is 0.316 e. The van der Waals surface area contributed by atoms with E-state index in [0.29, 0.717) is 17.5 Å². The first-order valence-electron chi connectivity index (χ1n) is 6.20. The molecule has 2 unspecified atom stereocenters. The quantitative estimate of drug-likeness (QED) is 0.841. The fraction of sp³-hybridized carbons (Fsp3) is 0.583. The number of rotatable bonds is 4. The zero-order chi connectivity index (χ0) is 13.3. The maximum absolute atomic E-state index is 11.5. The molecule has 0 aliphatic heterocycles. The summed E-state index contributed by atoms with van der Waals surface area (Å²) in [5, 5.41) is 9.73. The Labute approximate surface area is 105 Å². The molecule has 2 rings (SSSR count). The van der Waals surface area contributed by atoms with Crippen LogP contribution in [0.1, 0.15) is 37.7 Å². The summed E-state index contributed by atoms with van der Waals surface area (Å²) in [5.41, 5.74) is 1.34. The van der Waals surface area contributed by atoms with Crippen molar-refractivity contribution in [2.45, 2.75) is 39.2 Å². The van der Waals surface area contributed by atoms with Gasteiger partial charge in [0.25, 0.3) is 0 Å². The van der Waals surface area contributed by atoms with Gasteiger partial charge in [0.15, 0.2) is 5.65 Å². The second-order valence-corrected chi connectivity index (χ2v) is 4.54. The minimum absolute atomic E-state index is 0.241. The van der Waals surface area contributed by atoms with Crippen LogP contribution >= 0.6 is 0 Å². The third-order valence-electron chi connectivity index (χ3n) is 3.47. The van der Waals surface area contributed by atoms with E-state index in [1.807, 2.05) is 20.0 Å². The largest absolute Gasteiger partial charge is 0.349 e. The Kier molecular flexibility index (Phi) is 3.47. The number of hydrogen-bond donors (Lipinski definition) is 2. The van der Waals surface area contributed by atoms with E-state index in [0.717, 1.165) is 12.1 Å². The molecule has 0 radical (unpaired) electrons. The van der Waals surface area contributed by atoms with Crippen LogP contribution in [-0.2, 0) is 0 Å². The van der Waals surface area contributed by atoms with Gasteiger partial charge in [-0.1, -0.05) is 13.8 Å². The van der Waals surface area contributed by atoms with Gasteiger partial charge < -0.3 is 5.32 Å². The monoisotopic (exact) mass is 249 g/mol. The number of hydrogen-bond acceptors (Lipinski definition) is 4. The summed E-state index contributed by atoms with van der Waals surface area (Å²) in [4.78, 5) is 16.0. The van der Waals surface area contributed by atoms with E-state index in [1.54, 1.807) is 0 Å². The van der Waals surface area contributed by atoms with Gasteiger partial charge in [0.05, 0.1) is 5.69 Å². The Bertz CT molecular complexity index is 596. The average Bonchev–Trinajstić information content (AvgIpc) is 2.73. The first kappa shape index (κ1) is 12.8. The summed E-state index contributed by atoms with van der Waals surface area (Å²) in [7, 11) is 1.95. The fourth-order valence-corrected chi connectivity index (χ4v) is 2.37. The minimum Gasteiger partial charge on any atom is -0.316 e. The summed E-state index contributed by atoms with van der Waals surface area (Å²) in [6, 6.07) is 2.24. The number of nitrogens with one attached hydrogen (secondary N) is 2. The van der Waals surface area contributed by atoms with Crippen molar-refractivity contribution in [3.05, 3.63) is 28.1 Å². The van der Waals surface area contributed by atoms with Crippen LogP contribution in [0.25, 0.3) is 5.65 Å². The molecule has 2 N–H and O–H groups in total. The molecule has 0 saturated carbocycles. The minimum atomic E-state index is -0.241. The molecule has 0 fully saturated rings. The summed E-state index contributed by atoms with van der Waals surface area (Å²) in [6.45, 7) is 6.09. The summed E-state index contributed by atoms with van der Waals surface area (Å²) < 4.78 is 1.48. The highest BCUT2D eigenvalue weighted by Crippen LogP contribution is 2.20. The van der Waals surface area contributed by atoms with E-state index in [9.17, 15) is 4.79 Å². The van der Waals surface area contributed by atoms with E-state index >= 15 is 0 Å². The van der Waals surface area contributed by atoms with Gasteiger partial charge in [0, 0.05) is 18.0 Å². The first-order valence-corrected chi connectivity index (χ1v) is 6.20. The van der Waals surface area contributed by atoms with Crippen molar-refractivity contribution in [2.24, 2.45) is 0 Å². The van der Waals surface area contributed by atoms with Crippen LogP contribution in [0.4, 0.5) is 0 Å². The standard InChI is InChI=1S/C12H19N5O/c1-5-9(13-4)7(2)10-6-11-15-16-12(18)17(11)8(3)14-10/h6-7,9,13H,5H2,1-4H3,(H,16,18). The number of fused-ring (bicyclic) bond motifs is 1. The van der Waals surface area contributed by atoms with Gasteiger partial charge in [-0.3, -0.25) is 0 Å².